The molecule has 1 aliphatic carbocycles. The number of ketones is 2. The van der Waals surface area contributed by atoms with Gasteiger partial charge in [-0.1, -0.05) is 144 Å². The first kappa shape index (κ1) is 96.2. The van der Waals surface area contributed by atoms with E-state index in [9.17, 15) is 22.8 Å². The number of oxazole rings is 1. The summed E-state index contributed by atoms with van der Waals surface area (Å²) in [7, 11) is 2.00. The minimum atomic E-state index is -4.32. The van der Waals surface area contributed by atoms with E-state index in [4.69, 9.17) is 19.0 Å². The number of fused-ring (bicyclic) bond motifs is 7. The first-order chi connectivity index (χ1) is 51.7. The molecule has 7 aromatic heterocycles. The molecule has 593 valence electrons. The van der Waals surface area contributed by atoms with E-state index < -0.39 is 11.7 Å². The molecule has 1 aliphatic heterocycles. The number of benzene rings is 8. The van der Waals surface area contributed by atoms with Crippen molar-refractivity contribution >= 4 is 61.6 Å². The van der Waals surface area contributed by atoms with Crippen LogP contribution in [0.25, 0.3) is 94.4 Å². The Bertz CT molecular complexity index is 5330. The normalized spacial score (nSPS) is 11.6. The van der Waals surface area contributed by atoms with Crippen molar-refractivity contribution in [3.05, 3.63) is 363 Å². The molecule has 8 heterocycles. The molecule has 0 fully saturated rings. The topological polar surface area (TPSA) is 177 Å². The van der Waals surface area contributed by atoms with E-state index in [-0.39, 0.29) is 150 Å². The van der Waals surface area contributed by atoms with Crippen molar-refractivity contribution < 1.29 is 163 Å². The van der Waals surface area contributed by atoms with Crippen LogP contribution in [0.4, 0.5) is 18.9 Å². The summed E-state index contributed by atoms with van der Waals surface area (Å²) in [5.41, 5.74) is 15.1. The Balaban J connectivity index is 0.000000276. The van der Waals surface area contributed by atoms with E-state index >= 15 is 0 Å². The van der Waals surface area contributed by atoms with E-state index in [0.29, 0.717) is 17.1 Å². The number of aliphatic hydroxyl groups is 2. The van der Waals surface area contributed by atoms with Gasteiger partial charge in [0.05, 0.1) is 17.0 Å². The summed E-state index contributed by atoms with van der Waals surface area (Å²) in [6, 6.07) is 89.0. The van der Waals surface area contributed by atoms with Crippen LogP contribution in [0.3, 0.4) is 0 Å². The average molecular weight is 2590 g/mol. The molecule has 0 spiro atoms. The summed E-state index contributed by atoms with van der Waals surface area (Å²) in [6.45, 7) is 12.2. The van der Waals surface area contributed by atoms with E-state index in [1.54, 1.807) is 54.3 Å². The SMILES string of the molecule is CC(=O)C=C(C)O.CC(=O)C=C(C)O.CC1(C)c2ccccc2-c2c[c-]c(-n3[c-]ncc3)cc21.CN1C=CN(c2[c-]ccc3c2oc2ccccc23)[CH-]1.FC(F)(F)c1c[c-]c(-c2ccccn2)cc1.[Ir].[Ir].[Ir].[Ir].[Ir].[Pt].[c-]1ccccc1-c1ccccn1.[c-]1ccccc1-c1nc2ccccc2o1.[c-]1ccsc1-c1ccccn1. The molecule has 17 rings (SSSR count). The van der Waals surface area contributed by atoms with Gasteiger partial charge in [-0.15, -0.1) is 113 Å². The number of furan rings is 1. The number of allylic oxidation sites excluding steroid dienone is 4. The van der Waals surface area contributed by atoms with Gasteiger partial charge in [-0.2, -0.15) is 68.0 Å². The number of aromatic nitrogens is 6. The third kappa shape index (κ3) is 27.9. The van der Waals surface area contributed by atoms with Crippen molar-refractivity contribution in [2.24, 2.45) is 0 Å². The van der Waals surface area contributed by atoms with Gasteiger partial charge in [0.1, 0.15) is 17.1 Å². The number of hydrogen-bond donors (Lipinski definition) is 2. The number of carbonyl (C=O) groups excluding carboxylic acids is 2. The molecule has 0 amide bonds. The van der Waals surface area contributed by atoms with E-state index in [0.717, 1.165) is 83.9 Å². The van der Waals surface area contributed by atoms with Gasteiger partial charge in [0, 0.05) is 170 Å². The van der Waals surface area contributed by atoms with Crippen LogP contribution in [-0.4, -0.2) is 63.2 Å². The standard InChI is InChI=1S/C18H14N2.C16H12N2O.C13H8NO.C12H7F3N.C11H8N.C9H6NS.2C5H8O2.5Ir.Pt/c1-18(2)16-6-4-3-5-14(16)15-8-7-13(11-17(15)18)20-10-9-19-12-20;1-17-9-10-18(11-17)14-7-4-6-13-12-5-2-3-8-15(12)19-16(13)14;1-2-6-10(7-3-1)13-14-11-8-4-5-9-12(11)15-13;13-12(14,15)10-6-4-9(5-7-10)11-3-1-2-8-16-11;1-2-6-10(7-3-1)11-8-4-5-9-12-11;1-2-6-10-8(4-1)9-5-3-7-11-9;2*1-4(6)3-5(2)7;;;;;;/h3-6,8-11H,1-2H3;2-6,8-11H,1H3;1-6,8-9H;1-4,6-8H;1-6,8-9H;1-4,6-7H;2*3,6H,1-2H3;;;;;;/q2*-2;4*-1;;;;;;;;. The maximum atomic E-state index is 12.3. The second-order valence-electron chi connectivity index (χ2n) is 24.2. The summed E-state index contributed by atoms with van der Waals surface area (Å²) in [6.07, 6.45) is 13.7. The van der Waals surface area contributed by atoms with Crippen molar-refractivity contribution in [1.82, 2.24) is 34.4 Å². The number of hydrogen-bond acceptors (Lipinski definition) is 14. The number of para-hydroxylation sites is 3. The van der Waals surface area contributed by atoms with Crippen LogP contribution >= 0.6 is 11.3 Å². The van der Waals surface area contributed by atoms with Crippen molar-refractivity contribution in [3.8, 4) is 61.4 Å². The van der Waals surface area contributed by atoms with Gasteiger partial charge in [0.25, 0.3) is 0 Å². The minimum absolute atomic E-state index is 0. The van der Waals surface area contributed by atoms with Gasteiger partial charge in [0.15, 0.2) is 11.6 Å². The Kier molecular flexibility index (Phi) is 40.5. The molecule has 24 heteroatoms. The predicted octanol–water partition coefficient (Wildman–Crippen LogP) is 21.6. The van der Waals surface area contributed by atoms with Gasteiger partial charge in [-0.05, 0) is 117 Å². The molecule has 5 radical (unpaired) electrons. The molecule has 2 aliphatic rings. The summed E-state index contributed by atoms with van der Waals surface area (Å²) in [4.78, 5) is 46.0. The van der Waals surface area contributed by atoms with Gasteiger partial charge in [0.2, 0.25) is 0 Å². The molecule has 2 N–H and O–H groups in total. The van der Waals surface area contributed by atoms with Crippen LogP contribution in [0.1, 0.15) is 58.2 Å². The first-order valence-electron chi connectivity index (χ1n) is 33.5. The molecular weight excluding hydrogens is 2520 g/mol. The van der Waals surface area contributed by atoms with E-state index in [2.05, 4.69) is 124 Å². The molecule has 0 atom stereocenters. The Hall–Kier alpha value is -9.12. The largest absolute Gasteiger partial charge is 0.514 e. The summed E-state index contributed by atoms with van der Waals surface area (Å²) >= 11 is 1.66. The van der Waals surface area contributed by atoms with E-state index in [1.165, 1.54) is 68.2 Å². The maximum Gasteiger partial charge on any atom is 0.381 e. The van der Waals surface area contributed by atoms with Gasteiger partial charge in [-0.25, -0.2) is 17.4 Å². The molecule has 8 aromatic carbocycles. The van der Waals surface area contributed by atoms with E-state index in [1.807, 2.05) is 198 Å². The number of halogens is 3. The summed E-state index contributed by atoms with van der Waals surface area (Å²) < 4.78 is 50.3. The molecule has 113 heavy (non-hydrogen) atoms. The van der Waals surface area contributed by atoms with Crippen LogP contribution in [-0.2, 0) is 143 Å². The molecule has 0 saturated heterocycles. The quantitative estimate of drug-likeness (QED) is 0.0835. The first-order valence-corrected chi connectivity index (χ1v) is 34.3. The number of anilines is 1. The number of thiophene rings is 1. The fraction of sp³-hybridized carbons (Fsp3) is 0.101. The van der Waals surface area contributed by atoms with Crippen molar-refractivity contribution in [1.29, 1.82) is 0 Å². The minimum Gasteiger partial charge on any atom is -0.514 e. The van der Waals surface area contributed by atoms with Gasteiger partial charge in [-0.3, -0.25) is 14.6 Å². The number of aliphatic hydroxyl groups excluding tert-OH is 2. The second-order valence-corrected chi connectivity index (χ2v) is 25.1. The Labute approximate surface area is 741 Å². The summed E-state index contributed by atoms with van der Waals surface area (Å²) in [5.74, 6) is 0.497. The number of imidazole rings is 1. The van der Waals surface area contributed by atoms with Crippen LogP contribution in [0.5, 0.6) is 0 Å². The number of pyridine rings is 3. The third-order valence-electron chi connectivity index (χ3n) is 15.7. The van der Waals surface area contributed by atoms with Gasteiger partial charge >= 0.3 is 6.18 Å². The summed E-state index contributed by atoms with van der Waals surface area (Å²) in [5, 5.41) is 21.0. The van der Waals surface area contributed by atoms with Crippen LogP contribution in [0.2, 0.25) is 0 Å². The zero-order valence-electron chi connectivity index (χ0n) is 61.3. The zero-order chi connectivity index (χ0) is 75.7. The smallest absolute Gasteiger partial charge is 0.381 e. The number of alkyl halides is 3. The van der Waals surface area contributed by atoms with Crippen molar-refractivity contribution in [2.45, 2.75) is 53.1 Å². The Morgan fingerprint density at radius 1 is 0.549 bits per heavy atom. The molecule has 15 aromatic rings. The molecule has 14 nitrogen and oxygen atoms in total. The predicted molar refractivity (Wildman–Crippen MR) is 416 cm³/mol. The number of rotatable bonds is 8. The monoisotopic (exact) mass is 2600 g/mol. The van der Waals surface area contributed by atoms with Crippen molar-refractivity contribution in [3.63, 3.8) is 0 Å². The maximum absolute atomic E-state index is 12.3. The molecule has 0 saturated carbocycles. The number of carbonyl (C=O) groups is 2. The Morgan fingerprint density at radius 3 is 1.64 bits per heavy atom. The average Bonchev–Trinajstić information content (AvgIpc) is 1.58. The van der Waals surface area contributed by atoms with Crippen LogP contribution < -0.4 is 4.90 Å². The van der Waals surface area contributed by atoms with Crippen LogP contribution in [0.15, 0.2) is 306 Å². The fourth-order valence-electron chi connectivity index (χ4n) is 10.9. The molecular formula is C89H71F3Ir5N8O6PtS-8. The zero-order valence-corrected chi connectivity index (χ0v) is 76.4. The number of nitrogens with zero attached hydrogens (tertiary/aromatic N) is 8. The molecule has 0 unspecified atom stereocenters. The fourth-order valence-corrected chi connectivity index (χ4v) is 11.6. The third-order valence-corrected chi connectivity index (χ3v) is 16.6. The van der Waals surface area contributed by atoms with Gasteiger partial charge < -0.3 is 53.4 Å². The molecule has 0 bridgehead atoms. The van der Waals surface area contributed by atoms with Crippen LogP contribution in [0, 0.1) is 49.4 Å². The van der Waals surface area contributed by atoms with Crippen molar-refractivity contribution in [2.75, 3.05) is 11.9 Å². The Morgan fingerprint density at radius 2 is 1.12 bits per heavy atom. The second kappa shape index (κ2) is 47.5.